The largest absolute Gasteiger partial charge is 0.491 e. The number of benzene rings is 1. The fourth-order valence-electron chi connectivity index (χ4n) is 2.81. The van der Waals surface area contributed by atoms with Crippen molar-refractivity contribution in [2.45, 2.75) is 12.3 Å². The Labute approximate surface area is 157 Å². The van der Waals surface area contributed by atoms with E-state index in [1.165, 1.54) is 24.3 Å². The highest BCUT2D eigenvalue weighted by atomic mass is 19.4. The highest BCUT2D eigenvalue weighted by Crippen LogP contribution is 2.35. The highest BCUT2D eigenvalue weighted by Gasteiger charge is 2.36. The molecule has 2 heterocycles. The van der Waals surface area contributed by atoms with E-state index in [1.807, 2.05) is 0 Å². The van der Waals surface area contributed by atoms with Crippen LogP contribution in [-0.2, 0) is 10.9 Å². The molecule has 1 saturated heterocycles. The van der Waals surface area contributed by atoms with Crippen molar-refractivity contribution in [2.75, 3.05) is 26.3 Å². The van der Waals surface area contributed by atoms with Crippen LogP contribution in [0.4, 0.5) is 13.2 Å². The smallest absolute Gasteiger partial charge is 0.431 e. The molecule has 1 amide bonds. The van der Waals surface area contributed by atoms with Crippen molar-refractivity contribution in [1.29, 1.82) is 0 Å². The maximum absolute atomic E-state index is 13.3. The number of halogens is 3. The molecule has 1 aliphatic heterocycles. The van der Waals surface area contributed by atoms with Crippen molar-refractivity contribution in [1.82, 2.24) is 10.3 Å². The van der Waals surface area contributed by atoms with E-state index in [0.29, 0.717) is 25.5 Å². The fraction of sp³-hybridized carbons (Fsp3) is 0.333. The first-order valence-corrected chi connectivity index (χ1v) is 8.45. The summed E-state index contributed by atoms with van der Waals surface area (Å²) in [5.74, 6) is -0.664. The standard InChI is InChI=1S/C18H18F3N3O4/c19-18(20,21)15-13(7-14(16(22)25)17(26)24-15)10-1-3-11(4-2-10)28-9-12-8-23-5-6-27-12/h1-4,7,12,23H,5-6,8-9H2,(H2,22,25)(H,24,26). The molecule has 4 N–H and O–H groups in total. The van der Waals surface area contributed by atoms with Crippen LogP contribution in [0.15, 0.2) is 35.1 Å². The second kappa shape index (κ2) is 8.03. The molecule has 1 aromatic carbocycles. The van der Waals surface area contributed by atoms with Crippen molar-refractivity contribution in [2.24, 2.45) is 5.73 Å². The Morgan fingerprint density at radius 1 is 1.29 bits per heavy atom. The van der Waals surface area contributed by atoms with Crippen molar-refractivity contribution in [3.63, 3.8) is 0 Å². The number of aromatic amines is 1. The lowest BCUT2D eigenvalue weighted by molar-refractivity contribution is -0.140. The van der Waals surface area contributed by atoms with Gasteiger partial charge < -0.3 is 25.5 Å². The van der Waals surface area contributed by atoms with Gasteiger partial charge in [0.25, 0.3) is 11.5 Å². The van der Waals surface area contributed by atoms with E-state index in [-0.39, 0.29) is 17.2 Å². The monoisotopic (exact) mass is 397 g/mol. The molecule has 1 aromatic heterocycles. The number of hydrogen-bond acceptors (Lipinski definition) is 5. The molecular formula is C18H18F3N3O4. The molecule has 1 aliphatic rings. The van der Waals surface area contributed by atoms with Gasteiger partial charge in [0.1, 0.15) is 29.7 Å². The number of alkyl halides is 3. The van der Waals surface area contributed by atoms with Crippen molar-refractivity contribution >= 4 is 5.91 Å². The minimum atomic E-state index is -4.81. The van der Waals surface area contributed by atoms with E-state index in [4.69, 9.17) is 15.2 Å². The molecular weight excluding hydrogens is 379 g/mol. The van der Waals surface area contributed by atoms with E-state index in [0.717, 1.165) is 12.6 Å². The number of pyridine rings is 1. The van der Waals surface area contributed by atoms with E-state index >= 15 is 0 Å². The molecule has 28 heavy (non-hydrogen) atoms. The molecule has 1 atom stereocenters. The second-order valence-corrected chi connectivity index (χ2v) is 6.20. The Hall–Kier alpha value is -2.85. The van der Waals surface area contributed by atoms with Gasteiger partial charge in [0.2, 0.25) is 0 Å². The number of aromatic nitrogens is 1. The van der Waals surface area contributed by atoms with E-state index < -0.39 is 28.9 Å². The Morgan fingerprint density at radius 3 is 2.57 bits per heavy atom. The van der Waals surface area contributed by atoms with Gasteiger partial charge in [-0.3, -0.25) is 9.59 Å². The molecule has 10 heteroatoms. The molecule has 1 fully saturated rings. The Balaban J connectivity index is 1.86. The molecule has 1 unspecified atom stereocenters. The summed E-state index contributed by atoms with van der Waals surface area (Å²) in [6.07, 6.45) is -4.92. The zero-order valence-corrected chi connectivity index (χ0v) is 14.6. The maximum Gasteiger partial charge on any atom is 0.431 e. The van der Waals surface area contributed by atoms with Crippen molar-refractivity contribution in [3.05, 3.63) is 51.9 Å². The predicted molar refractivity (Wildman–Crippen MR) is 94.1 cm³/mol. The lowest BCUT2D eigenvalue weighted by Gasteiger charge is -2.23. The van der Waals surface area contributed by atoms with Crippen LogP contribution in [0.3, 0.4) is 0 Å². The van der Waals surface area contributed by atoms with E-state index in [1.54, 1.807) is 4.98 Å². The van der Waals surface area contributed by atoms with Gasteiger partial charge in [-0.1, -0.05) is 12.1 Å². The highest BCUT2D eigenvalue weighted by molar-refractivity contribution is 5.93. The van der Waals surface area contributed by atoms with Crippen LogP contribution in [0.25, 0.3) is 11.1 Å². The summed E-state index contributed by atoms with van der Waals surface area (Å²) >= 11 is 0. The SMILES string of the molecule is NC(=O)c1cc(-c2ccc(OCC3CNCCO3)cc2)c(C(F)(F)F)[nH]c1=O. The molecule has 0 bridgehead atoms. The molecule has 0 aliphatic carbocycles. The number of carbonyl (C=O) groups excluding carboxylic acids is 1. The molecule has 0 saturated carbocycles. The topological polar surface area (TPSA) is 106 Å². The number of amides is 1. The number of ether oxygens (including phenoxy) is 2. The number of H-pyrrole nitrogens is 1. The second-order valence-electron chi connectivity index (χ2n) is 6.20. The van der Waals surface area contributed by atoms with Crippen LogP contribution in [0, 0.1) is 0 Å². The number of morpholine rings is 1. The van der Waals surface area contributed by atoms with Gasteiger partial charge in [-0.05, 0) is 23.8 Å². The number of carbonyl (C=O) groups is 1. The van der Waals surface area contributed by atoms with Gasteiger partial charge in [-0.25, -0.2) is 0 Å². The van der Waals surface area contributed by atoms with Gasteiger partial charge in [0.05, 0.1) is 6.61 Å². The summed E-state index contributed by atoms with van der Waals surface area (Å²) in [6.45, 7) is 2.31. The van der Waals surface area contributed by atoms with Crippen molar-refractivity contribution < 1.29 is 27.4 Å². The lowest BCUT2D eigenvalue weighted by Crippen LogP contribution is -2.41. The molecule has 0 radical (unpaired) electrons. The first-order chi connectivity index (χ1) is 13.3. The van der Waals surface area contributed by atoms with Crippen LogP contribution in [0.5, 0.6) is 5.75 Å². The Morgan fingerprint density at radius 2 is 2.00 bits per heavy atom. The molecule has 3 rings (SSSR count). The molecule has 7 nitrogen and oxygen atoms in total. The minimum Gasteiger partial charge on any atom is -0.491 e. The van der Waals surface area contributed by atoms with Crippen LogP contribution in [0.2, 0.25) is 0 Å². The average molecular weight is 397 g/mol. The third-order valence-electron chi connectivity index (χ3n) is 4.20. The quantitative estimate of drug-likeness (QED) is 0.710. The zero-order chi connectivity index (χ0) is 20.3. The van der Waals surface area contributed by atoms with Crippen LogP contribution < -0.4 is 21.3 Å². The zero-order valence-electron chi connectivity index (χ0n) is 14.6. The number of rotatable bonds is 5. The summed E-state index contributed by atoms with van der Waals surface area (Å²) in [4.78, 5) is 24.8. The summed E-state index contributed by atoms with van der Waals surface area (Å²) < 4.78 is 51.1. The third kappa shape index (κ3) is 4.52. The van der Waals surface area contributed by atoms with Crippen LogP contribution >= 0.6 is 0 Å². The summed E-state index contributed by atoms with van der Waals surface area (Å²) in [6, 6.07) is 6.66. The average Bonchev–Trinajstić information content (AvgIpc) is 2.66. The Bertz CT molecular complexity index is 904. The van der Waals surface area contributed by atoms with Gasteiger partial charge in [0.15, 0.2) is 0 Å². The van der Waals surface area contributed by atoms with Gasteiger partial charge in [-0.15, -0.1) is 0 Å². The third-order valence-corrected chi connectivity index (χ3v) is 4.20. The first-order valence-electron chi connectivity index (χ1n) is 8.45. The predicted octanol–water partition coefficient (Wildman–Crippen LogP) is 1.53. The van der Waals surface area contributed by atoms with Gasteiger partial charge >= 0.3 is 6.18 Å². The van der Waals surface area contributed by atoms with Crippen molar-refractivity contribution in [3.8, 4) is 16.9 Å². The Kier molecular flexibility index (Phi) is 5.71. The summed E-state index contributed by atoms with van der Waals surface area (Å²) in [5, 5.41) is 3.16. The number of nitrogens with one attached hydrogen (secondary N) is 2. The number of nitrogens with two attached hydrogens (primary N) is 1. The van der Waals surface area contributed by atoms with E-state index in [9.17, 15) is 22.8 Å². The van der Waals surface area contributed by atoms with Crippen LogP contribution in [-0.4, -0.2) is 43.3 Å². The first kappa shape index (κ1) is 19.9. The molecule has 2 aromatic rings. The minimum absolute atomic E-state index is 0.109. The number of primary amides is 1. The fourth-order valence-corrected chi connectivity index (χ4v) is 2.81. The van der Waals surface area contributed by atoms with E-state index in [2.05, 4.69) is 5.32 Å². The summed E-state index contributed by atoms with van der Waals surface area (Å²) in [5.41, 5.74) is 1.88. The molecule has 150 valence electrons. The van der Waals surface area contributed by atoms with Crippen LogP contribution in [0.1, 0.15) is 16.1 Å². The normalized spacial score (nSPS) is 17.3. The van der Waals surface area contributed by atoms with Gasteiger partial charge in [-0.2, -0.15) is 13.2 Å². The number of hydrogen-bond donors (Lipinski definition) is 3. The van der Waals surface area contributed by atoms with Gasteiger partial charge in [0, 0.05) is 18.7 Å². The summed E-state index contributed by atoms with van der Waals surface area (Å²) in [7, 11) is 0. The lowest BCUT2D eigenvalue weighted by atomic mass is 10.0. The maximum atomic E-state index is 13.3. The molecule has 0 spiro atoms.